The van der Waals surface area contributed by atoms with Gasteiger partial charge in [0.05, 0.1) is 11.8 Å². The molecular formula is C7H7F3N2. The molecule has 0 saturated carbocycles. The number of halogens is 3. The van der Waals surface area contributed by atoms with Crippen molar-refractivity contribution in [3.8, 4) is 0 Å². The molecule has 0 radical (unpaired) electrons. The average molecular weight is 176 g/mol. The summed E-state index contributed by atoms with van der Waals surface area (Å²) in [6.07, 6.45) is -1.95. The molecule has 0 aliphatic heterocycles. The molecule has 1 rings (SSSR count). The Kier molecular flexibility index (Phi) is 2.21. The Balaban J connectivity index is 3.33. The molecule has 0 amide bonds. The highest BCUT2D eigenvalue weighted by Crippen LogP contribution is 2.27. The van der Waals surface area contributed by atoms with E-state index < -0.39 is 17.8 Å². The highest BCUT2D eigenvalue weighted by atomic mass is 19.3. The van der Waals surface area contributed by atoms with Gasteiger partial charge in [0.2, 0.25) is 0 Å². The predicted molar refractivity (Wildman–Crippen MR) is 38.3 cm³/mol. The maximum atomic E-state index is 12.7. The summed E-state index contributed by atoms with van der Waals surface area (Å²) >= 11 is 0. The van der Waals surface area contributed by atoms with E-state index in [1.165, 1.54) is 6.92 Å². The van der Waals surface area contributed by atoms with E-state index in [1.54, 1.807) is 0 Å². The zero-order valence-electron chi connectivity index (χ0n) is 6.31. The van der Waals surface area contributed by atoms with Gasteiger partial charge in [-0.3, -0.25) is 0 Å². The predicted octanol–water partition coefficient (Wildman–Crippen LogP) is 2.05. The average Bonchev–Trinajstić information content (AvgIpc) is 1.97. The van der Waals surface area contributed by atoms with Crippen LogP contribution in [0.2, 0.25) is 0 Å². The monoisotopic (exact) mass is 176 g/mol. The number of nitrogen functional groups attached to an aromatic ring is 1. The van der Waals surface area contributed by atoms with Crippen molar-refractivity contribution in [3.05, 3.63) is 23.1 Å². The molecule has 1 heterocycles. The molecular weight excluding hydrogens is 169 g/mol. The van der Waals surface area contributed by atoms with E-state index in [0.29, 0.717) is 0 Å². The minimum absolute atomic E-state index is 0.141. The SMILES string of the molecule is Cc1c(F)cnc(N)c1C(F)F. The second kappa shape index (κ2) is 3.00. The van der Waals surface area contributed by atoms with E-state index in [1.807, 2.05) is 0 Å². The first-order valence-corrected chi connectivity index (χ1v) is 3.22. The van der Waals surface area contributed by atoms with Gasteiger partial charge in [0.15, 0.2) is 0 Å². The summed E-state index contributed by atoms with van der Waals surface area (Å²) in [6, 6.07) is 0. The number of alkyl halides is 2. The highest BCUT2D eigenvalue weighted by molar-refractivity contribution is 5.45. The topological polar surface area (TPSA) is 38.9 Å². The smallest absolute Gasteiger partial charge is 0.267 e. The molecule has 0 atom stereocenters. The van der Waals surface area contributed by atoms with Gasteiger partial charge in [0.1, 0.15) is 11.6 Å². The van der Waals surface area contributed by atoms with Crippen LogP contribution >= 0.6 is 0 Å². The van der Waals surface area contributed by atoms with Crippen LogP contribution in [-0.2, 0) is 0 Å². The quantitative estimate of drug-likeness (QED) is 0.711. The molecule has 12 heavy (non-hydrogen) atoms. The molecule has 1 aromatic heterocycles. The fraction of sp³-hybridized carbons (Fsp3) is 0.286. The van der Waals surface area contributed by atoms with Gasteiger partial charge >= 0.3 is 0 Å². The molecule has 5 heteroatoms. The summed E-state index contributed by atoms with van der Waals surface area (Å²) in [5, 5.41) is 0. The molecule has 0 bridgehead atoms. The van der Waals surface area contributed by atoms with Crippen LogP contribution in [-0.4, -0.2) is 4.98 Å². The standard InChI is InChI=1S/C7H7F3N2/c1-3-4(8)2-12-7(11)5(3)6(9)10/h2,6H,1H3,(H2,11,12). The minimum Gasteiger partial charge on any atom is -0.383 e. The van der Waals surface area contributed by atoms with E-state index in [4.69, 9.17) is 5.73 Å². The van der Waals surface area contributed by atoms with Crippen molar-refractivity contribution in [1.82, 2.24) is 4.98 Å². The Morgan fingerprint density at radius 2 is 2.08 bits per heavy atom. The van der Waals surface area contributed by atoms with Crippen LogP contribution in [0.1, 0.15) is 17.6 Å². The summed E-state index contributed by atoms with van der Waals surface area (Å²) in [6.45, 7) is 1.24. The lowest BCUT2D eigenvalue weighted by Crippen LogP contribution is -2.02. The number of pyridine rings is 1. The second-order valence-electron chi connectivity index (χ2n) is 2.33. The summed E-state index contributed by atoms with van der Waals surface area (Å²) in [5.41, 5.74) is 4.47. The number of hydrogen-bond donors (Lipinski definition) is 1. The molecule has 0 spiro atoms. The van der Waals surface area contributed by atoms with Crippen LogP contribution in [0.3, 0.4) is 0 Å². The molecule has 0 aromatic carbocycles. The van der Waals surface area contributed by atoms with Gasteiger partial charge in [0.25, 0.3) is 6.43 Å². The molecule has 66 valence electrons. The number of rotatable bonds is 1. The van der Waals surface area contributed by atoms with Gasteiger partial charge in [-0.05, 0) is 12.5 Å². The molecule has 1 aromatic rings. The fourth-order valence-electron chi connectivity index (χ4n) is 0.889. The maximum Gasteiger partial charge on any atom is 0.267 e. The third kappa shape index (κ3) is 1.34. The Morgan fingerprint density at radius 3 is 2.50 bits per heavy atom. The van der Waals surface area contributed by atoms with E-state index >= 15 is 0 Å². The summed E-state index contributed by atoms with van der Waals surface area (Å²) in [7, 11) is 0. The first kappa shape index (κ1) is 8.83. The van der Waals surface area contributed by atoms with Crippen molar-refractivity contribution in [3.63, 3.8) is 0 Å². The number of aromatic nitrogens is 1. The normalized spacial score (nSPS) is 10.8. The summed E-state index contributed by atoms with van der Waals surface area (Å²) in [5.74, 6) is -1.08. The van der Waals surface area contributed by atoms with Gasteiger partial charge in [-0.1, -0.05) is 0 Å². The van der Waals surface area contributed by atoms with Crippen LogP contribution in [0.5, 0.6) is 0 Å². The van der Waals surface area contributed by atoms with Crippen LogP contribution in [0.25, 0.3) is 0 Å². The lowest BCUT2D eigenvalue weighted by Gasteiger charge is -2.07. The molecule has 2 N–H and O–H groups in total. The zero-order valence-corrected chi connectivity index (χ0v) is 6.31. The number of nitrogens with two attached hydrogens (primary N) is 1. The lowest BCUT2D eigenvalue weighted by molar-refractivity contribution is 0.150. The lowest BCUT2D eigenvalue weighted by atomic mass is 10.1. The van der Waals surface area contributed by atoms with Gasteiger partial charge in [-0.25, -0.2) is 18.2 Å². The second-order valence-corrected chi connectivity index (χ2v) is 2.33. The molecule has 0 aliphatic carbocycles. The molecule has 0 aliphatic rings. The van der Waals surface area contributed by atoms with E-state index in [0.717, 1.165) is 6.20 Å². The van der Waals surface area contributed by atoms with Crippen LogP contribution in [0, 0.1) is 12.7 Å². The molecule has 2 nitrogen and oxygen atoms in total. The van der Waals surface area contributed by atoms with Gasteiger partial charge < -0.3 is 5.73 Å². The summed E-state index contributed by atoms with van der Waals surface area (Å²) in [4.78, 5) is 3.28. The van der Waals surface area contributed by atoms with Crippen molar-refractivity contribution in [1.29, 1.82) is 0 Å². The van der Waals surface area contributed by atoms with Gasteiger partial charge in [-0.15, -0.1) is 0 Å². The van der Waals surface area contributed by atoms with E-state index in [-0.39, 0.29) is 11.4 Å². The maximum absolute atomic E-state index is 12.7. The van der Waals surface area contributed by atoms with Crippen molar-refractivity contribution < 1.29 is 13.2 Å². The summed E-state index contributed by atoms with van der Waals surface area (Å²) < 4.78 is 37.0. The third-order valence-corrected chi connectivity index (χ3v) is 1.57. The Hall–Kier alpha value is -1.26. The molecule has 0 unspecified atom stereocenters. The zero-order chi connectivity index (χ0) is 9.30. The van der Waals surface area contributed by atoms with Crippen LogP contribution < -0.4 is 5.73 Å². The largest absolute Gasteiger partial charge is 0.383 e. The van der Waals surface area contributed by atoms with Gasteiger partial charge in [0, 0.05) is 0 Å². The minimum atomic E-state index is -2.78. The van der Waals surface area contributed by atoms with Crippen molar-refractivity contribution in [2.45, 2.75) is 13.3 Å². The number of hydrogen-bond acceptors (Lipinski definition) is 2. The van der Waals surface area contributed by atoms with Crippen LogP contribution in [0.4, 0.5) is 19.0 Å². The third-order valence-electron chi connectivity index (χ3n) is 1.57. The first-order chi connectivity index (χ1) is 5.54. The first-order valence-electron chi connectivity index (χ1n) is 3.22. The fourth-order valence-corrected chi connectivity index (χ4v) is 0.889. The van der Waals surface area contributed by atoms with E-state index in [2.05, 4.69) is 4.98 Å². The van der Waals surface area contributed by atoms with Gasteiger partial charge in [-0.2, -0.15) is 0 Å². The molecule has 0 fully saturated rings. The van der Waals surface area contributed by atoms with Crippen molar-refractivity contribution >= 4 is 5.82 Å². The highest BCUT2D eigenvalue weighted by Gasteiger charge is 2.17. The number of anilines is 1. The Bertz CT molecular complexity index is 299. The van der Waals surface area contributed by atoms with Crippen LogP contribution in [0.15, 0.2) is 6.20 Å². The van der Waals surface area contributed by atoms with Crippen molar-refractivity contribution in [2.24, 2.45) is 0 Å². The van der Waals surface area contributed by atoms with Crippen molar-refractivity contribution in [2.75, 3.05) is 5.73 Å². The van der Waals surface area contributed by atoms with E-state index in [9.17, 15) is 13.2 Å². The number of nitrogens with zero attached hydrogens (tertiary/aromatic N) is 1. The Morgan fingerprint density at radius 1 is 1.50 bits per heavy atom. The molecule has 0 saturated heterocycles. The Labute approximate surface area is 67.2 Å².